The second kappa shape index (κ2) is 10.4. The fourth-order valence-corrected chi connectivity index (χ4v) is 3.18. The lowest BCUT2D eigenvalue weighted by Crippen LogP contribution is -2.40. The molecule has 1 N–H and O–H groups in total. The number of nitrogens with zero attached hydrogens (tertiary/aromatic N) is 1. The summed E-state index contributed by atoms with van der Waals surface area (Å²) >= 11 is 0. The van der Waals surface area contributed by atoms with E-state index in [0.29, 0.717) is 6.54 Å². The summed E-state index contributed by atoms with van der Waals surface area (Å²) in [7, 11) is -1.65. The van der Waals surface area contributed by atoms with Crippen LogP contribution in [0.25, 0.3) is 0 Å². The van der Waals surface area contributed by atoms with Gasteiger partial charge in [0.25, 0.3) is 5.69 Å². The van der Waals surface area contributed by atoms with E-state index in [0.717, 1.165) is 32.3 Å². The molecule has 0 fully saturated rings. The number of carbonyl (C=O) groups excluding carboxylic acids is 1. The lowest BCUT2D eigenvalue weighted by molar-refractivity contribution is -0.384. The summed E-state index contributed by atoms with van der Waals surface area (Å²) in [6, 6.07) is 5.41. The highest BCUT2D eigenvalue weighted by atomic mass is 28.4. The van der Waals surface area contributed by atoms with Crippen molar-refractivity contribution in [1.29, 1.82) is 0 Å². The van der Waals surface area contributed by atoms with Crippen LogP contribution in [0, 0.1) is 10.1 Å². The van der Waals surface area contributed by atoms with E-state index in [1.165, 1.54) is 24.3 Å². The molecule has 0 heterocycles. The van der Waals surface area contributed by atoms with Gasteiger partial charge in [-0.15, -0.1) is 0 Å². The fraction of sp³-hybridized carbons (Fsp3) is 0.632. The lowest BCUT2D eigenvalue weighted by atomic mass is 10.2. The first kappa shape index (κ1) is 23.1. The normalized spacial score (nSPS) is 11.9. The number of carbonyl (C=O) groups is 1. The third-order valence-corrected chi connectivity index (χ3v) is 9.41. The zero-order chi connectivity index (χ0) is 20.5. The first-order valence-corrected chi connectivity index (χ1v) is 12.3. The maximum atomic E-state index is 11.7. The van der Waals surface area contributed by atoms with E-state index in [9.17, 15) is 14.9 Å². The Labute approximate surface area is 162 Å². The van der Waals surface area contributed by atoms with Crippen LogP contribution in [0.4, 0.5) is 10.5 Å². The van der Waals surface area contributed by atoms with Gasteiger partial charge in [-0.25, -0.2) is 4.79 Å². The Hall–Kier alpha value is -1.93. The van der Waals surface area contributed by atoms with Gasteiger partial charge < -0.3 is 14.5 Å². The summed E-state index contributed by atoms with van der Waals surface area (Å²) in [5.74, 6) is 0.279. The largest absolute Gasteiger partial charge is 0.417 e. The summed E-state index contributed by atoms with van der Waals surface area (Å²) in [6.07, 6.45) is 3.42. The van der Waals surface area contributed by atoms with Crippen molar-refractivity contribution in [2.75, 3.05) is 13.2 Å². The van der Waals surface area contributed by atoms with Crippen LogP contribution in [-0.2, 0) is 4.43 Å². The van der Waals surface area contributed by atoms with E-state index >= 15 is 0 Å². The number of benzene rings is 1. The minimum atomic E-state index is -1.65. The molecule has 1 aromatic carbocycles. The Balaban J connectivity index is 2.11. The molecule has 1 amide bonds. The van der Waals surface area contributed by atoms with Crippen LogP contribution in [0.15, 0.2) is 24.3 Å². The zero-order valence-electron chi connectivity index (χ0n) is 17.0. The summed E-state index contributed by atoms with van der Waals surface area (Å²) in [5, 5.41) is 13.5. The first-order valence-electron chi connectivity index (χ1n) is 9.37. The topological polar surface area (TPSA) is 90.7 Å². The van der Waals surface area contributed by atoms with Gasteiger partial charge in [0.2, 0.25) is 0 Å². The van der Waals surface area contributed by atoms with E-state index in [1.807, 2.05) is 0 Å². The van der Waals surface area contributed by atoms with E-state index in [-0.39, 0.29) is 16.5 Å². The molecule has 0 unspecified atom stereocenters. The molecule has 0 radical (unpaired) electrons. The van der Waals surface area contributed by atoms with Gasteiger partial charge in [-0.05, 0) is 43.1 Å². The highest BCUT2D eigenvalue weighted by molar-refractivity contribution is 6.74. The molecule has 7 nitrogen and oxygen atoms in total. The van der Waals surface area contributed by atoms with Gasteiger partial charge in [0.05, 0.1) is 4.92 Å². The molecule has 27 heavy (non-hydrogen) atoms. The quantitative estimate of drug-likeness (QED) is 0.252. The second-order valence-electron chi connectivity index (χ2n) is 8.09. The molecule has 0 bridgehead atoms. The third kappa shape index (κ3) is 8.53. The number of unbranched alkanes of at least 4 members (excludes halogenated alkanes) is 3. The van der Waals surface area contributed by atoms with Crippen LogP contribution >= 0.6 is 0 Å². The number of non-ortho nitro benzene ring substituents is 1. The van der Waals surface area contributed by atoms with E-state index in [4.69, 9.17) is 9.16 Å². The highest BCUT2D eigenvalue weighted by Crippen LogP contribution is 2.36. The molecular formula is C19H32N2O5Si. The number of ether oxygens (including phenoxy) is 1. The van der Waals surface area contributed by atoms with Crippen molar-refractivity contribution < 1.29 is 18.9 Å². The number of rotatable bonds is 10. The van der Waals surface area contributed by atoms with Gasteiger partial charge >= 0.3 is 6.09 Å². The zero-order valence-corrected chi connectivity index (χ0v) is 18.0. The van der Waals surface area contributed by atoms with Crippen molar-refractivity contribution in [3.05, 3.63) is 34.4 Å². The molecule has 0 saturated carbocycles. The molecule has 0 atom stereocenters. The smallest absolute Gasteiger partial charge is 0.412 e. The molecule has 0 aromatic heterocycles. The Kier molecular flexibility index (Phi) is 8.91. The summed E-state index contributed by atoms with van der Waals surface area (Å²) in [4.78, 5) is 21.8. The van der Waals surface area contributed by atoms with E-state index in [1.54, 1.807) is 0 Å². The minimum Gasteiger partial charge on any atom is -0.417 e. The van der Waals surface area contributed by atoms with Gasteiger partial charge in [-0.1, -0.05) is 33.6 Å². The van der Waals surface area contributed by atoms with Gasteiger partial charge in [0.1, 0.15) is 5.75 Å². The lowest BCUT2D eigenvalue weighted by Gasteiger charge is -2.36. The van der Waals surface area contributed by atoms with Crippen LogP contribution < -0.4 is 10.1 Å². The van der Waals surface area contributed by atoms with E-state index < -0.39 is 19.3 Å². The molecule has 152 valence electrons. The molecule has 0 aliphatic carbocycles. The van der Waals surface area contributed by atoms with Gasteiger partial charge in [-0.2, -0.15) is 0 Å². The van der Waals surface area contributed by atoms with Gasteiger partial charge in [-0.3, -0.25) is 10.1 Å². The van der Waals surface area contributed by atoms with Crippen molar-refractivity contribution >= 4 is 20.1 Å². The monoisotopic (exact) mass is 396 g/mol. The first-order chi connectivity index (χ1) is 12.5. The predicted octanol–water partition coefficient (Wildman–Crippen LogP) is 5.27. The maximum Gasteiger partial charge on any atom is 0.412 e. The summed E-state index contributed by atoms with van der Waals surface area (Å²) in [5.41, 5.74) is -0.0414. The molecule has 8 heteroatoms. The van der Waals surface area contributed by atoms with Gasteiger partial charge in [0, 0.05) is 25.3 Å². The fourth-order valence-electron chi connectivity index (χ4n) is 2.09. The minimum absolute atomic E-state index is 0.0414. The average Bonchev–Trinajstić information content (AvgIpc) is 2.56. The Morgan fingerprint density at radius 1 is 1.11 bits per heavy atom. The molecule has 1 aromatic rings. The number of nitro benzene ring substituents is 1. The summed E-state index contributed by atoms with van der Waals surface area (Å²) in [6.45, 7) is 12.6. The van der Waals surface area contributed by atoms with Crippen molar-refractivity contribution in [2.45, 2.75) is 64.6 Å². The number of hydrogen-bond donors (Lipinski definition) is 1. The maximum absolute atomic E-state index is 11.7. The molecular weight excluding hydrogens is 364 g/mol. The molecule has 1 rings (SSSR count). The molecule has 0 spiro atoms. The van der Waals surface area contributed by atoms with Crippen molar-refractivity contribution in [3.63, 3.8) is 0 Å². The van der Waals surface area contributed by atoms with Crippen LogP contribution in [0.5, 0.6) is 5.75 Å². The van der Waals surface area contributed by atoms with Crippen molar-refractivity contribution in [1.82, 2.24) is 5.32 Å². The number of hydrogen-bond acceptors (Lipinski definition) is 5. The van der Waals surface area contributed by atoms with Crippen LogP contribution in [0.3, 0.4) is 0 Å². The van der Waals surface area contributed by atoms with Gasteiger partial charge in [0.15, 0.2) is 8.32 Å². The Morgan fingerprint density at radius 3 is 2.26 bits per heavy atom. The third-order valence-electron chi connectivity index (χ3n) is 4.87. The molecule has 0 saturated heterocycles. The van der Waals surface area contributed by atoms with Crippen molar-refractivity contribution in [3.8, 4) is 5.75 Å². The average molecular weight is 397 g/mol. The number of amides is 1. The van der Waals surface area contributed by atoms with E-state index in [2.05, 4.69) is 39.2 Å². The number of nitro groups is 1. The molecule has 0 aliphatic heterocycles. The SMILES string of the molecule is CC(C)(C)[Si](C)(C)OCCCCCCNC(=O)Oc1ccc([N+](=O)[O-])cc1. The standard InChI is InChI=1S/C19H32N2O5Si/c1-19(2,3)27(4,5)25-15-9-7-6-8-14-20-18(22)26-17-12-10-16(11-13-17)21(23)24/h10-13H,6-9,14-15H2,1-5H3,(H,20,22). The van der Waals surface area contributed by atoms with Crippen LogP contribution in [-0.4, -0.2) is 32.5 Å². The van der Waals surface area contributed by atoms with Crippen LogP contribution in [0.2, 0.25) is 18.1 Å². The van der Waals surface area contributed by atoms with Crippen molar-refractivity contribution in [2.24, 2.45) is 0 Å². The Morgan fingerprint density at radius 2 is 1.70 bits per heavy atom. The Bertz CT molecular complexity index is 612. The second-order valence-corrected chi connectivity index (χ2v) is 12.9. The number of nitrogens with one attached hydrogen (secondary N) is 1. The predicted molar refractivity (Wildman–Crippen MR) is 109 cm³/mol. The molecule has 0 aliphatic rings. The van der Waals surface area contributed by atoms with Crippen LogP contribution in [0.1, 0.15) is 46.5 Å². The highest BCUT2D eigenvalue weighted by Gasteiger charge is 2.36. The summed E-state index contributed by atoms with van der Waals surface area (Å²) < 4.78 is 11.2.